The Morgan fingerprint density at radius 3 is 2.58 bits per heavy atom. The van der Waals surface area contributed by atoms with Crippen LogP contribution in [0.2, 0.25) is 0 Å². The lowest BCUT2D eigenvalue weighted by Gasteiger charge is -2.16. The molecule has 3 heteroatoms. The molecule has 0 fully saturated rings. The second-order valence-electron chi connectivity index (χ2n) is 5.84. The van der Waals surface area contributed by atoms with Gasteiger partial charge in [-0.05, 0) is 41.8 Å². The van der Waals surface area contributed by atoms with Crippen molar-refractivity contribution in [2.45, 2.75) is 12.3 Å². The summed E-state index contributed by atoms with van der Waals surface area (Å²) in [6.45, 7) is 0. The molecule has 0 aliphatic heterocycles. The summed E-state index contributed by atoms with van der Waals surface area (Å²) in [6, 6.07) is 16.6. The Bertz CT molecular complexity index is 859. The molecular weight excluding hydrogens is 298 g/mol. The molecule has 1 atom stereocenters. The third-order valence-corrected chi connectivity index (χ3v) is 4.41. The number of benzene rings is 2. The van der Waals surface area contributed by atoms with Crippen LogP contribution in [-0.4, -0.2) is 18.0 Å². The minimum atomic E-state index is 0.193. The molecule has 0 bridgehead atoms. The summed E-state index contributed by atoms with van der Waals surface area (Å²) in [5.41, 5.74) is 3.70. The Morgan fingerprint density at radius 2 is 1.88 bits per heavy atom. The number of para-hydroxylation sites is 1. The molecule has 122 valence electrons. The van der Waals surface area contributed by atoms with Crippen LogP contribution in [0.15, 0.2) is 66.9 Å². The first-order valence-electron chi connectivity index (χ1n) is 8.03. The van der Waals surface area contributed by atoms with Gasteiger partial charge in [0.1, 0.15) is 12.0 Å². The largest absolute Gasteiger partial charge is 0.497 e. The van der Waals surface area contributed by atoms with Crippen LogP contribution in [0.4, 0.5) is 0 Å². The number of rotatable bonds is 6. The molecule has 3 aromatic rings. The van der Waals surface area contributed by atoms with E-state index in [0.717, 1.165) is 18.5 Å². The fourth-order valence-corrected chi connectivity index (χ4v) is 3.20. The quantitative estimate of drug-likeness (QED) is 0.496. The summed E-state index contributed by atoms with van der Waals surface area (Å²) in [6.07, 6.45) is 7.30. The Hall–Kier alpha value is -2.81. The third-order valence-electron chi connectivity index (χ3n) is 4.41. The van der Waals surface area contributed by atoms with Gasteiger partial charge in [-0.3, -0.25) is 4.79 Å². The highest BCUT2D eigenvalue weighted by atomic mass is 16.5. The highest BCUT2D eigenvalue weighted by Gasteiger charge is 2.18. The number of ether oxygens (including phenoxy) is 1. The van der Waals surface area contributed by atoms with Gasteiger partial charge in [0.05, 0.1) is 7.11 Å². The number of aryl methyl sites for hydroxylation is 1. The van der Waals surface area contributed by atoms with Crippen LogP contribution in [-0.2, 0) is 11.8 Å². The van der Waals surface area contributed by atoms with E-state index in [0.29, 0.717) is 0 Å². The van der Waals surface area contributed by atoms with E-state index in [1.807, 2.05) is 18.2 Å². The number of aldehydes is 1. The van der Waals surface area contributed by atoms with Gasteiger partial charge in [0.2, 0.25) is 0 Å². The minimum Gasteiger partial charge on any atom is -0.497 e. The minimum absolute atomic E-state index is 0.193. The van der Waals surface area contributed by atoms with Gasteiger partial charge in [-0.2, -0.15) is 0 Å². The van der Waals surface area contributed by atoms with Gasteiger partial charge in [0.25, 0.3) is 0 Å². The number of allylic oxidation sites excluding steroid dienone is 2. The summed E-state index contributed by atoms with van der Waals surface area (Å²) in [4.78, 5) is 10.7. The van der Waals surface area contributed by atoms with Crippen LogP contribution in [0.25, 0.3) is 10.9 Å². The molecule has 0 radical (unpaired) electrons. The van der Waals surface area contributed by atoms with Crippen molar-refractivity contribution >= 4 is 17.2 Å². The van der Waals surface area contributed by atoms with E-state index in [4.69, 9.17) is 4.74 Å². The van der Waals surface area contributed by atoms with Crippen molar-refractivity contribution in [3.8, 4) is 5.75 Å². The Kier molecular flexibility index (Phi) is 4.80. The molecule has 0 N–H and O–H groups in total. The maximum atomic E-state index is 10.7. The summed E-state index contributed by atoms with van der Waals surface area (Å²) in [5.74, 6) is 1.04. The molecular formula is C21H21NO2. The molecule has 0 spiro atoms. The normalized spacial score (nSPS) is 12.6. The van der Waals surface area contributed by atoms with Gasteiger partial charge >= 0.3 is 0 Å². The van der Waals surface area contributed by atoms with E-state index in [9.17, 15) is 4.79 Å². The lowest BCUT2D eigenvalue weighted by molar-refractivity contribution is -0.104. The predicted molar refractivity (Wildman–Crippen MR) is 97.6 cm³/mol. The molecule has 0 aliphatic rings. The van der Waals surface area contributed by atoms with Crippen LogP contribution >= 0.6 is 0 Å². The molecule has 1 heterocycles. The van der Waals surface area contributed by atoms with Crippen molar-refractivity contribution in [2.75, 3.05) is 7.11 Å². The molecule has 0 aliphatic carbocycles. The second-order valence-corrected chi connectivity index (χ2v) is 5.84. The number of fused-ring (bicyclic) bond motifs is 1. The highest BCUT2D eigenvalue weighted by molar-refractivity contribution is 5.85. The molecule has 1 unspecified atom stereocenters. The lowest BCUT2D eigenvalue weighted by Crippen LogP contribution is -2.00. The van der Waals surface area contributed by atoms with Crippen molar-refractivity contribution in [2.24, 2.45) is 7.05 Å². The average molecular weight is 319 g/mol. The molecule has 3 rings (SSSR count). The van der Waals surface area contributed by atoms with Gasteiger partial charge < -0.3 is 9.30 Å². The van der Waals surface area contributed by atoms with Crippen LogP contribution < -0.4 is 4.74 Å². The Balaban J connectivity index is 2.08. The number of methoxy groups -OCH3 is 1. The number of nitrogens with zero attached hydrogens (tertiary/aromatic N) is 1. The van der Waals surface area contributed by atoms with E-state index >= 15 is 0 Å². The number of aromatic nitrogens is 1. The summed E-state index contributed by atoms with van der Waals surface area (Å²) in [7, 11) is 3.74. The van der Waals surface area contributed by atoms with Crippen molar-refractivity contribution in [3.05, 3.63) is 78.0 Å². The fourth-order valence-electron chi connectivity index (χ4n) is 3.20. The molecule has 24 heavy (non-hydrogen) atoms. The number of hydrogen-bond acceptors (Lipinski definition) is 2. The van der Waals surface area contributed by atoms with Gasteiger partial charge in [0, 0.05) is 30.1 Å². The topological polar surface area (TPSA) is 31.2 Å². The van der Waals surface area contributed by atoms with Gasteiger partial charge in [0.15, 0.2) is 0 Å². The van der Waals surface area contributed by atoms with Gasteiger partial charge in [-0.1, -0.05) is 36.4 Å². The van der Waals surface area contributed by atoms with Crippen molar-refractivity contribution in [1.82, 2.24) is 4.57 Å². The van der Waals surface area contributed by atoms with E-state index in [2.05, 4.69) is 54.2 Å². The summed E-state index contributed by atoms with van der Waals surface area (Å²) < 4.78 is 7.42. The molecule has 0 saturated heterocycles. The van der Waals surface area contributed by atoms with Crippen LogP contribution in [0.5, 0.6) is 5.75 Å². The van der Waals surface area contributed by atoms with Crippen LogP contribution in [0.1, 0.15) is 23.5 Å². The van der Waals surface area contributed by atoms with E-state index in [-0.39, 0.29) is 5.92 Å². The SMILES string of the molecule is COc1ccc(C(C/C=C/C=O)c2cn(C)c3ccccc23)cc1. The first kappa shape index (κ1) is 16.1. The Morgan fingerprint density at radius 1 is 1.12 bits per heavy atom. The zero-order chi connectivity index (χ0) is 16.9. The van der Waals surface area contributed by atoms with Gasteiger partial charge in [-0.25, -0.2) is 0 Å². The zero-order valence-electron chi connectivity index (χ0n) is 14.0. The standard InChI is InChI=1S/C21H21NO2/c1-22-15-20(19-8-3-4-9-21(19)22)18(7-5-6-14-23)16-10-12-17(24-2)13-11-16/h3-6,8-15,18H,7H2,1-2H3/b6-5+. The highest BCUT2D eigenvalue weighted by Crippen LogP contribution is 2.35. The first-order chi connectivity index (χ1) is 11.7. The Labute approximate surface area is 142 Å². The van der Waals surface area contributed by atoms with E-state index < -0.39 is 0 Å². The summed E-state index contributed by atoms with van der Waals surface area (Å²) in [5, 5.41) is 1.25. The zero-order valence-corrected chi connectivity index (χ0v) is 14.0. The number of hydrogen-bond donors (Lipinski definition) is 0. The number of carbonyl (C=O) groups excluding carboxylic acids is 1. The predicted octanol–water partition coefficient (Wildman–Crippen LogP) is 4.46. The van der Waals surface area contributed by atoms with Crippen molar-refractivity contribution in [1.29, 1.82) is 0 Å². The summed E-state index contributed by atoms with van der Waals surface area (Å²) >= 11 is 0. The van der Waals surface area contributed by atoms with Crippen molar-refractivity contribution in [3.63, 3.8) is 0 Å². The molecule has 0 amide bonds. The van der Waals surface area contributed by atoms with Gasteiger partial charge in [-0.15, -0.1) is 0 Å². The number of carbonyl (C=O) groups is 1. The average Bonchev–Trinajstić information content (AvgIpc) is 2.96. The van der Waals surface area contributed by atoms with Crippen LogP contribution in [0.3, 0.4) is 0 Å². The lowest BCUT2D eigenvalue weighted by atomic mass is 9.88. The monoisotopic (exact) mass is 319 g/mol. The van der Waals surface area contributed by atoms with Crippen molar-refractivity contribution < 1.29 is 9.53 Å². The molecule has 2 aromatic carbocycles. The smallest absolute Gasteiger partial charge is 0.142 e. The van der Waals surface area contributed by atoms with Crippen LogP contribution in [0, 0.1) is 0 Å². The third kappa shape index (κ3) is 3.11. The van der Waals surface area contributed by atoms with E-state index in [1.54, 1.807) is 13.2 Å². The maximum Gasteiger partial charge on any atom is 0.142 e. The van der Waals surface area contributed by atoms with E-state index in [1.165, 1.54) is 22.0 Å². The fraction of sp³-hybridized carbons (Fsp3) is 0.190. The maximum absolute atomic E-state index is 10.7. The second kappa shape index (κ2) is 7.18. The molecule has 1 aromatic heterocycles. The first-order valence-corrected chi connectivity index (χ1v) is 8.03. The molecule has 3 nitrogen and oxygen atoms in total. The molecule has 0 saturated carbocycles.